The number of aromatic nitrogens is 1. The van der Waals surface area contributed by atoms with Crippen molar-refractivity contribution in [3.8, 4) is 6.07 Å². The molecule has 2 aromatic rings. The Labute approximate surface area is 117 Å². The van der Waals surface area contributed by atoms with Crippen molar-refractivity contribution in [1.29, 1.82) is 5.26 Å². The summed E-state index contributed by atoms with van der Waals surface area (Å²) >= 11 is 6.66. The number of thiophene rings is 1. The van der Waals surface area contributed by atoms with Gasteiger partial charge in [-0.25, -0.2) is 8.42 Å². The van der Waals surface area contributed by atoms with E-state index in [-0.39, 0.29) is 20.5 Å². The van der Waals surface area contributed by atoms with E-state index in [2.05, 4.69) is 9.71 Å². The molecule has 2 rings (SSSR count). The summed E-state index contributed by atoms with van der Waals surface area (Å²) < 4.78 is 26.3. The quantitative estimate of drug-likeness (QED) is 0.900. The molecule has 0 aliphatic carbocycles. The van der Waals surface area contributed by atoms with Crippen LogP contribution in [-0.4, -0.2) is 13.4 Å². The van der Waals surface area contributed by atoms with Crippen LogP contribution >= 0.6 is 22.9 Å². The van der Waals surface area contributed by atoms with Crippen molar-refractivity contribution in [2.24, 2.45) is 0 Å². The number of nitrogens with one attached hydrogen (secondary N) is 2. The van der Waals surface area contributed by atoms with Gasteiger partial charge in [0.25, 0.3) is 15.6 Å². The Morgan fingerprint density at radius 2 is 2.21 bits per heavy atom. The van der Waals surface area contributed by atoms with Crippen molar-refractivity contribution >= 4 is 38.0 Å². The van der Waals surface area contributed by atoms with E-state index >= 15 is 0 Å². The molecule has 0 aromatic carbocycles. The van der Waals surface area contributed by atoms with Gasteiger partial charge in [-0.3, -0.25) is 9.52 Å². The van der Waals surface area contributed by atoms with E-state index < -0.39 is 15.6 Å². The first-order chi connectivity index (χ1) is 8.94. The van der Waals surface area contributed by atoms with Gasteiger partial charge in [-0.1, -0.05) is 11.6 Å². The summed E-state index contributed by atoms with van der Waals surface area (Å²) in [6.45, 7) is 0. The number of anilines is 1. The molecule has 0 aliphatic heterocycles. The third kappa shape index (κ3) is 2.78. The van der Waals surface area contributed by atoms with Crippen LogP contribution in [0.5, 0.6) is 0 Å². The average molecular weight is 316 g/mol. The van der Waals surface area contributed by atoms with E-state index in [1.807, 2.05) is 6.07 Å². The molecule has 0 saturated heterocycles. The highest BCUT2D eigenvalue weighted by Gasteiger charge is 2.18. The lowest BCUT2D eigenvalue weighted by Gasteiger charge is -2.06. The van der Waals surface area contributed by atoms with Gasteiger partial charge in [0.2, 0.25) is 0 Å². The highest BCUT2D eigenvalue weighted by molar-refractivity contribution is 7.93. The molecular weight excluding hydrogens is 310 g/mol. The molecule has 0 amide bonds. The minimum absolute atomic E-state index is 0.186. The molecule has 0 saturated carbocycles. The van der Waals surface area contributed by atoms with Crippen molar-refractivity contribution < 1.29 is 8.42 Å². The first-order valence-electron chi connectivity index (χ1n) is 4.82. The molecule has 0 radical (unpaired) electrons. The summed E-state index contributed by atoms with van der Waals surface area (Å²) in [6.07, 6.45) is 1.04. The van der Waals surface area contributed by atoms with Crippen LogP contribution in [0.15, 0.2) is 33.4 Å². The number of sulfonamides is 1. The number of rotatable bonds is 3. The predicted octanol–water partition coefficient (Wildman–Crippen LogP) is 1.76. The fourth-order valence-electron chi connectivity index (χ4n) is 1.25. The second-order valence-electron chi connectivity index (χ2n) is 3.39. The van der Waals surface area contributed by atoms with Crippen LogP contribution < -0.4 is 10.3 Å². The maximum Gasteiger partial charge on any atom is 0.266 e. The normalized spacial score (nSPS) is 10.9. The number of nitrogens with zero attached hydrogens (tertiary/aromatic N) is 1. The van der Waals surface area contributed by atoms with Crippen LogP contribution in [0.1, 0.15) is 5.56 Å². The Balaban J connectivity index is 2.41. The van der Waals surface area contributed by atoms with Crippen molar-refractivity contribution in [3.63, 3.8) is 0 Å². The van der Waals surface area contributed by atoms with Crippen LogP contribution in [0.25, 0.3) is 0 Å². The van der Waals surface area contributed by atoms with Gasteiger partial charge in [0.15, 0.2) is 0 Å². The number of aromatic amines is 1. The Bertz CT molecular complexity index is 817. The zero-order valence-electron chi connectivity index (χ0n) is 9.18. The third-order valence-corrected chi connectivity index (χ3v) is 4.72. The Morgan fingerprint density at radius 1 is 1.47 bits per heavy atom. The zero-order chi connectivity index (χ0) is 14.0. The second-order valence-corrected chi connectivity index (χ2v) is 6.40. The lowest BCUT2D eigenvalue weighted by atomic mass is 10.4. The first kappa shape index (κ1) is 13.6. The zero-order valence-corrected chi connectivity index (χ0v) is 11.6. The molecule has 0 spiro atoms. The number of hydrogen-bond donors (Lipinski definition) is 2. The van der Waals surface area contributed by atoms with Crippen LogP contribution in [0.2, 0.25) is 5.02 Å². The molecular formula is C10H6ClN3O3S2. The van der Waals surface area contributed by atoms with E-state index in [9.17, 15) is 13.2 Å². The summed E-state index contributed by atoms with van der Waals surface area (Å²) in [6, 6.07) is 4.42. The third-order valence-electron chi connectivity index (χ3n) is 2.15. The highest BCUT2D eigenvalue weighted by atomic mass is 35.5. The van der Waals surface area contributed by atoms with Crippen LogP contribution in [0.3, 0.4) is 0 Å². The van der Waals surface area contributed by atoms with Crippen LogP contribution in [0.4, 0.5) is 5.00 Å². The maximum atomic E-state index is 12.0. The van der Waals surface area contributed by atoms with E-state index in [1.165, 1.54) is 6.07 Å². The van der Waals surface area contributed by atoms with Crippen molar-refractivity contribution in [1.82, 2.24) is 4.98 Å². The molecule has 0 bridgehead atoms. The Hall–Kier alpha value is -1.82. The number of pyridine rings is 1. The Morgan fingerprint density at radius 3 is 2.84 bits per heavy atom. The topological polar surface area (TPSA) is 103 Å². The van der Waals surface area contributed by atoms with Gasteiger partial charge in [0.1, 0.15) is 21.0 Å². The number of H-pyrrole nitrogens is 1. The average Bonchev–Trinajstić information content (AvgIpc) is 2.79. The number of halogens is 1. The largest absolute Gasteiger partial charge is 0.326 e. The van der Waals surface area contributed by atoms with Crippen molar-refractivity contribution in [2.75, 3.05) is 4.72 Å². The van der Waals surface area contributed by atoms with E-state index in [4.69, 9.17) is 16.9 Å². The minimum Gasteiger partial charge on any atom is -0.326 e. The fourth-order valence-corrected chi connectivity index (χ4v) is 3.55. The molecule has 19 heavy (non-hydrogen) atoms. The highest BCUT2D eigenvalue weighted by Crippen LogP contribution is 2.25. The van der Waals surface area contributed by atoms with Gasteiger partial charge in [0, 0.05) is 6.20 Å². The van der Waals surface area contributed by atoms with E-state index in [0.717, 1.165) is 23.6 Å². The fraction of sp³-hybridized carbons (Fsp3) is 0. The van der Waals surface area contributed by atoms with Gasteiger partial charge in [-0.2, -0.15) is 5.26 Å². The minimum atomic E-state index is -3.90. The second kappa shape index (κ2) is 5.05. The molecule has 2 N–H and O–H groups in total. The Kier molecular flexibility index (Phi) is 3.61. The molecule has 0 aliphatic rings. The molecule has 9 heteroatoms. The van der Waals surface area contributed by atoms with Crippen molar-refractivity contribution in [3.05, 3.63) is 44.6 Å². The summed E-state index contributed by atoms with van der Waals surface area (Å²) in [5, 5.41) is 10.4. The number of hydrogen-bond acceptors (Lipinski definition) is 5. The smallest absolute Gasteiger partial charge is 0.266 e. The van der Waals surface area contributed by atoms with Crippen LogP contribution in [-0.2, 0) is 10.0 Å². The molecule has 6 nitrogen and oxygen atoms in total. The summed E-state index contributed by atoms with van der Waals surface area (Å²) in [5.74, 6) is 0. The first-order valence-corrected chi connectivity index (χ1v) is 7.57. The van der Waals surface area contributed by atoms with E-state index in [0.29, 0.717) is 0 Å². The molecule has 0 fully saturated rings. The summed E-state index contributed by atoms with van der Waals surface area (Å²) in [4.78, 5) is 13.1. The van der Waals surface area contributed by atoms with Crippen molar-refractivity contribution in [2.45, 2.75) is 4.90 Å². The van der Waals surface area contributed by atoms with Gasteiger partial charge in [0.05, 0.1) is 5.56 Å². The van der Waals surface area contributed by atoms with Crippen LogP contribution in [0, 0.1) is 11.3 Å². The standard InChI is InChI=1S/C10H6ClN3O3S2/c11-8-3-7(5-13-9(8)15)19(16,17)14-10-6(4-12)1-2-18-10/h1-3,5,14H,(H,13,15). The molecule has 2 aromatic heterocycles. The SMILES string of the molecule is N#Cc1ccsc1NS(=O)(=O)c1c[nH]c(=O)c(Cl)c1. The van der Waals surface area contributed by atoms with E-state index in [1.54, 1.807) is 5.38 Å². The number of nitriles is 1. The predicted molar refractivity (Wildman–Crippen MR) is 71.9 cm³/mol. The van der Waals surface area contributed by atoms with Gasteiger partial charge < -0.3 is 4.98 Å². The van der Waals surface area contributed by atoms with Gasteiger partial charge in [-0.15, -0.1) is 11.3 Å². The molecule has 0 atom stereocenters. The molecule has 0 unspecified atom stereocenters. The lowest BCUT2D eigenvalue weighted by Crippen LogP contribution is -2.15. The van der Waals surface area contributed by atoms with Gasteiger partial charge >= 0.3 is 0 Å². The summed E-state index contributed by atoms with van der Waals surface area (Å²) in [7, 11) is -3.90. The monoisotopic (exact) mass is 315 g/mol. The lowest BCUT2D eigenvalue weighted by molar-refractivity contribution is 0.601. The molecule has 98 valence electrons. The molecule has 2 heterocycles. The van der Waals surface area contributed by atoms with Gasteiger partial charge in [-0.05, 0) is 17.5 Å². The maximum absolute atomic E-state index is 12.0. The summed E-state index contributed by atoms with van der Waals surface area (Å²) in [5.41, 5.74) is -0.349.